The lowest BCUT2D eigenvalue weighted by Crippen LogP contribution is -2.59. The maximum atomic E-state index is 14.2. The van der Waals surface area contributed by atoms with Gasteiger partial charge >= 0.3 is 6.09 Å². The van der Waals surface area contributed by atoms with Crippen LogP contribution in [0.15, 0.2) is 53.4 Å². The summed E-state index contributed by atoms with van der Waals surface area (Å²) in [4.78, 5) is 17.6. The largest absolute Gasteiger partial charge is 0.448 e. The van der Waals surface area contributed by atoms with Crippen molar-refractivity contribution in [2.75, 3.05) is 26.2 Å². The number of hydrogen-bond acceptors (Lipinski definition) is 5. The molecule has 3 unspecified atom stereocenters. The summed E-state index contributed by atoms with van der Waals surface area (Å²) in [5.74, 6) is 0.363. The van der Waals surface area contributed by atoms with Gasteiger partial charge < -0.3 is 9.64 Å². The van der Waals surface area contributed by atoms with Crippen molar-refractivity contribution >= 4 is 27.7 Å². The number of benzene rings is 2. The van der Waals surface area contributed by atoms with Crippen molar-refractivity contribution < 1.29 is 22.3 Å². The molecule has 2 aliphatic heterocycles. The van der Waals surface area contributed by atoms with E-state index >= 15 is 0 Å². The molecule has 5 rings (SSSR count). The highest BCUT2D eigenvalue weighted by molar-refractivity contribution is 7.89. The van der Waals surface area contributed by atoms with Crippen molar-refractivity contribution in [3.63, 3.8) is 0 Å². The Kier molecular flexibility index (Phi) is 8.52. The van der Waals surface area contributed by atoms with E-state index in [1.165, 1.54) is 53.5 Å². The van der Waals surface area contributed by atoms with Crippen LogP contribution in [-0.4, -0.2) is 73.0 Å². The second-order valence-corrected chi connectivity index (χ2v) is 13.6. The number of piperazine rings is 1. The zero-order valence-corrected chi connectivity index (χ0v) is 24.1. The summed E-state index contributed by atoms with van der Waals surface area (Å²) < 4.78 is 49.4. The van der Waals surface area contributed by atoms with Crippen LogP contribution in [0, 0.1) is 11.7 Å². The summed E-state index contributed by atoms with van der Waals surface area (Å²) in [6.07, 6.45) is 3.96. The molecule has 39 heavy (non-hydrogen) atoms. The predicted molar refractivity (Wildman–Crippen MR) is 149 cm³/mol. The number of sulfonamides is 1. The van der Waals surface area contributed by atoms with Crippen molar-refractivity contribution in [3.05, 3.63) is 64.9 Å². The normalized spacial score (nSPS) is 26.9. The zero-order chi connectivity index (χ0) is 27.7. The molecule has 0 bridgehead atoms. The van der Waals surface area contributed by atoms with Crippen LogP contribution in [0.2, 0.25) is 5.02 Å². The van der Waals surface area contributed by atoms with Gasteiger partial charge in [0.2, 0.25) is 10.0 Å². The van der Waals surface area contributed by atoms with Crippen molar-refractivity contribution in [2.45, 2.75) is 75.0 Å². The van der Waals surface area contributed by atoms with E-state index in [1.807, 2.05) is 13.8 Å². The molecule has 2 saturated heterocycles. The van der Waals surface area contributed by atoms with Gasteiger partial charge in [-0.25, -0.2) is 17.6 Å². The van der Waals surface area contributed by atoms with Crippen LogP contribution in [0.1, 0.15) is 57.6 Å². The fourth-order valence-electron chi connectivity index (χ4n) is 6.18. The number of halogens is 2. The van der Waals surface area contributed by atoms with E-state index in [0.29, 0.717) is 23.4 Å². The molecule has 2 aromatic carbocycles. The minimum absolute atomic E-state index is 0.000279. The van der Waals surface area contributed by atoms with E-state index in [2.05, 4.69) is 4.90 Å². The van der Waals surface area contributed by atoms with Crippen LogP contribution in [0.5, 0.6) is 0 Å². The van der Waals surface area contributed by atoms with Gasteiger partial charge in [-0.05, 0) is 93.8 Å². The van der Waals surface area contributed by atoms with Gasteiger partial charge in [-0.1, -0.05) is 23.7 Å². The van der Waals surface area contributed by atoms with Crippen molar-refractivity contribution in [1.82, 2.24) is 14.1 Å². The first kappa shape index (κ1) is 28.3. The fourth-order valence-corrected chi connectivity index (χ4v) is 8.15. The number of carbonyl (C=O) groups excluding carboxylic acids is 1. The van der Waals surface area contributed by atoms with Gasteiger partial charge in [-0.2, -0.15) is 4.31 Å². The number of amides is 1. The van der Waals surface area contributed by atoms with Gasteiger partial charge in [0.1, 0.15) is 12.4 Å². The van der Waals surface area contributed by atoms with Crippen LogP contribution in [0.25, 0.3) is 0 Å². The van der Waals surface area contributed by atoms with Gasteiger partial charge in [-0.15, -0.1) is 0 Å². The summed E-state index contributed by atoms with van der Waals surface area (Å²) in [5, 5.41) is 0.431. The topological polar surface area (TPSA) is 70.2 Å². The number of piperidine rings is 1. The highest BCUT2D eigenvalue weighted by Gasteiger charge is 2.42. The Morgan fingerprint density at radius 1 is 1.03 bits per heavy atom. The number of rotatable bonds is 7. The molecule has 10 heteroatoms. The lowest BCUT2D eigenvalue weighted by molar-refractivity contribution is 0.0106. The van der Waals surface area contributed by atoms with Crippen molar-refractivity contribution in [1.29, 1.82) is 0 Å². The van der Waals surface area contributed by atoms with E-state index < -0.39 is 34.0 Å². The average molecular weight is 578 g/mol. The molecule has 1 amide bonds. The summed E-state index contributed by atoms with van der Waals surface area (Å²) >= 11 is 6.02. The van der Waals surface area contributed by atoms with E-state index in [1.54, 1.807) is 17.0 Å². The smallest absolute Gasteiger partial charge is 0.410 e. The van der Waals surface area contributed by atoms with Gasteiger partial charge in [0.05, 0.1) is 17.0 Å². The number of ether oxygens (including phenoxy) is 1. The molecule has 7 nitrogen and oxygen atoms in total. The minimum Gasteiger partial charge on any atom is -0.448 e. The van der Waals surface area contributed by atoms with E-state index in [-0.39, 0.29) is 23.6 Å². The second-order valence-electron chi connectivity index (χ2n) is 11.3. The molecule has 0 spiro atoms. The quantitative estimate of drug-likeness (QED) is 0.422. The number of carbonyl (C=O) groups is 1. The van der Waals surface area contributed by atoms with Gasteiger partial charge in [0.15, 0.2) is 0 Å². The van der Waals surface area contributed by atoms with Crippen LogP contribution >= 0.6 is 11.6 Å². The Hall–Kier alpha value is -2.20. The molecule has 1 saturated carbocycles. The first-order valence-electron chi connectivity index (χ1n) is 13.9. The monoisotopic (exact) mass is 577 g/mol. The van der Waals surface area contributed by atoms with Crippen LogP contribution < -0.4 is 0 Å². The molecule has 2 aromatic rings. The molecule has 212 valence electrons. The Balaban J connectivity index is 1.35. The Morgan fingerprint density at radius 3 is 2.36 bits per heavy atom. The maximum absolute atomic E-state index is 14.2. The minimum atomic E-state index is -4.00. The third kappa shape index (κ3) is 6.42. The molecular formula is C29H37ClFN3O4S. The third-order valence-corrected chi connectivity index (χ3v) is 10.3. The maximum Gasteiger partial charge on any atom is 0.410 e. The Labute approximate surface area is 235 Å². The van der Waals surface area contributed by atoms with Crippen LogP contribution in [0.4, 0.5) is 9.18 Å². The highest BCUT2D eigenvalue weighted by Crippen LogP contribution is 2.39. The SMILES string of the molecule is CC1CN(CC2CC2)CC(C)N1C(=O)OCC1CCC[C@@H](c2cccc(F)c2)N1S(=O)(=O)c1ccc(Cl)cc1. The van der Waals surface area contributed by atoms with E-state index in [0.717, 1.165) is 32.0 Å². The van der Waals surface area contributed by atoms with Gasteiger partial charge in [0, 0.05) is 36.7 Å². The standard InChI is InChI=1S/C29H37ClFN3O4S/c1-20-16-32(18-22-9-10-22)17-21(2)33(20)29(35)38-19-26-7-4-8-28(23-5-3-6-25(31)15-23)34(26)39(36,37)27-13-11-24(30)12-14-27/h3,5-6,11-15,20-22,26,28H,4,7-10,16-19H2,1-2H3/t20?,21?,26?,28-/m0/s1. The van der Waals surface area contributed by atoms with Crippen molar-refractivity contribution in [3.8, 4) is 0 Å². The van der Waals surface area contributed by atoms with E-state index in [4.69, 9.17) is 16.3 Å². The Bertz CT molecular complexity index is 1260. The first-order valence-corrected chi connectivity index (χ1v) is 15.7. The van der Waals surface area contributed by atoms with Crippen LogP contribution in [-0.2, 0) is 14.8 Å². The van der Waals surface area contributed by atoms with Gasteiger partial charge in [-0.3, -0.25) is 4.90 Å². The number of hydrogen-bond donors (Lipinski definition) is 0. The average Bonchev–Trinajstić information content (AvgIpc) is 3.71. The Morgan fingerprint density at radius 2 is 1.72 bits per heavy atom. The van der Waals surface area contributed by atoms with E-state index in [9.17, 15) is 17.6 Å². The lowest BCUT2D eigenvalue weighted by atomic mass is 9.93. The molecule has 4 atom stereocenters. The summed E-state index contributed by atoms with van der Waals surface area (Å²) in [5.41, 5.74) is 0.581. The zero-order valence-electron chi connectivity index (χ0n) is 22.5. The molecule has 0 N–H and O–H groups in total. The first-order chi connectivity index (χ1) is 18.6. The molecule has 1 aliphatic carbocycles. The molecule has 0 aromatic heterocycles. The molecule has 2 heterocycles. The summed E-state index contributed by atoms with van der Waals surface area (Å²) in [6.45, 7) is 6.69. The summed E-state index contributed by atoms with van der Waals surface area (Å²) in [7, 11) is -4.00. The lowest BCUT2D eigenvalue weighted by Gasteiger charge is -2.44. The molecule has 3 aliphatic rings. The summed E-state index contributed by atoms with van der Waals surface area (Å²) in [6, 6.07) is 10.9. The fraction of sp³-hybridized carbons (Fsp3) is 0.552. The van der Waals surface area contributed by atoms with Crippen molar-refractivity contribution in [2.24, 2.45) is 5.92 Å². The molecule has 3 fully saturated rings. The molecular weight excluding hydrogens is 541 g/mol. The second kappa shape index (κ2) is 11.7. The highest BCUT2D eigenvalue weighted by atomic mass is 35.5. The van der Waals surface area contributed by atoms with Gasteiger partial charge in [0.25, 0.3) is 0 Å². The predicted octanol–water partition coefficient (Wildman–Crippen LogP) is 5.70. The third-order valence-electron chi connectivity index (χ3n) is 8.12. The molecule has 0 radical (unpaired) electrons. The number of nitrogens with zero attached hydrogens (tertiary/aromatic N) is 3. The van der Waals surface area contributed by atoms with Crippen LogP contribution in [0.3, 0.4) is 0 Å².